The third kappa shape index (κ3) is 2.73. The van der Waals surface area contributed by atoms with Gasteiger partial charge in [-0.05, 0) is 49.8 Å². The van der Waals surface area contributed by atoms with Crippen LogP contribution >= 0.6 is 28.1 Å². The largest absolute Gasteiger partial charge is 0.389 e. The van der Waals surface area contributed by atoms with Crippen molar-refractivity contribution < 1.29 is 0 Å². The van der Waals surface area contributed by atoms with Gasteiger partial charge in [0.2, 0.25) is 0 Å². The molecule has 0 bridgehead atoms. The van der Waals surface area contributed by atoms with E-state index < -0.39 is 0 Å². The summed E-state index contributed by atoms with van der Waals surface area (Å²) in [6, 6.07) is 6.94. The van der Waals surface area contributed by atoms with E-state index in [4.69, 9.17) is 18.0 Å². The molecule has 4 heteroatoms. The van der Waals surface area contributed by atoms with Crippen LogP contribution in [0.5, 0.6) is 0 Å². The Hall–Kier alpha value is -0.610. The second-order valence-corrected chi connectivity index (χ2v) is 7.33. The van der Waals surface area contributed by atoms with Gasteiger partial charge >= 0.3 is 0 Å². The van der Waals surface area contributed by atoms with Crippen LogP contribution in [0.2, 0.25) is 0 Å². The van der Waals surface area contributed by atoms with Gasteiger partial charge in [0.15, 0.2) is 0 Å². The second kappa shape index (κ2) is 6.02. The number of halogens is 1. The molecule has 2 aliphatic rings. The predicted octanol–water partition coefficient (Wildman–Crippen LogP) is 4.24. The molecule has 1 saturated heterocycles. The summed E-state index contributed by atoms with van der Waals surface area (Å²) >= 11 is 8.82. The third-order valence-electron chi connectivity index (χ3n) is 4.78. The van der Waals surface area contributed by atoms with Crippen LogP contribution in [0.25, 0.3) is 0 Å². The molecular formula is C16H21BrN2S. The molecule has 0 radical (unpaired) electrons. The number of rotatable bonds is 3. The van der Waals surface area contributed by atoms with Crippen molar-refractivity contribution in [2.24, 2.45) is 11.7 Å². The number of hydrogen-bond donors (Lipinski definition) is 1. The Morgan fingerprint density at radius 2 is 1.95 bits per heavy atom. The van der Waals surface area contributed by atoms with Crippen LogP contribution < -0.4 is 10.6 Å². The van der Waals surface area contributed by atoms with Gasteiger partial charge in [-0.15, -0.1) is 0 Å². The summed E-state index contributed by atoms with van der Waals surface area (Å²) in [5.41, 5.74) is 8.17. The van der Waals surface area contributed by atoms with E-state index in [1.54, 1.807) is 0 Å². The maximum atomic E-state index is 5.92. The normalized spacial score (nSPS) is 23.4. The van der Waals surface area contributed by atoms with Gasteiger partial charge in [0.1, 0.15) is 4.99 Å². The minimum absolute atomic E-state index is 0.504. The molecule has 1 unspecified atom stereocenters. The Bertz CT molecular complexity index is 511. The van der Waals surface area contributed by atoms with E-state index in [2.05, 4.69) is 26.9 Å². The molecule has 0 spiro atoms. The van der Waals surface area contributed by atoms with Gasteiger partial charge in [-0.2, -0.15) is 0 Å². The molecule has 108 valence electrons. The molecule has 2 nitrogen and oxygen atoms in total. The number of thiocarbonyl (C=S) groups is 1. The van der Waals surface area contributed by atoms with Gasteiger partial charge in [-0.3, -0.25) is 0 Å². The quantitative estimate of drug-likeness (QED) is 0.824. The maximum absolute atomic E-state index is 5.92. The Kier molecular flexibility index (Phi) is 4.32. The van der Waals surface area contributed by atoms with Crippen molar-refractivity contribution in [2.45, 2.75) is 44.6 Å². The Morgan fingerprint density at radius 1 is 1.20 bits per heavy atom. The number of benzene rings is 1. The van der Waals surface area contributed by atoms with Crippen molar-refractivity contribution in [1.82, 2.24) is 0 Å². The van der Waals surface area contributed by atoms with Crippen molar-refractivity contribution in [3.05, 3.63) is 28.2 Å². The summed E-state index contributed by atoms with van der Waals surface area (Å²) in [6.45, 7) is 1.13. The van der Waals surface area contributed by atoms with E-state index in [1.807, 2.05) is 12.1 Å². The van der Waals surface area contributed by atoms with Gasteiger partial charge in [0, 0.05) is 28.3 Å². The molecule has 1 aromatic rings. The molecule has 1 saturated carbocycles. The molecule has 2 fully saturated rings. The lowest BCUT2D eigenvalue weighted by atomic mass is 9.95. The van der Waals surface area contributed by atoms with Gasteiger partial charge in [-0.1, -0.05) is 41.0 Å². The van der Waals surface area contributed by atoms with E-state index >= 15 is 0 Å². The maximum Gasteiger partial charge on any atom is 0.106 e. The lowest BCUT2D eigenvalue weighted by Gasteiger charge is -2.32. The SMILES string of the molecule is NC(=S)c1ccc(Br)cc1N1CCCC1C1CCCC1. The molecule has 2 N–H and O–H groups in total. The Balaban J connectivity index is 1.94. The minimum atomic E-state index is 0.504. The molecule has 1 aliphatic carbocycles. The summed E-state index contributed by atoms with van der Waals surface area (Å²) in [5, 5.41) is 0. The topological polar surface area (TPSA) is 29.3 Å². The van der Waals surface area contributed by atoms with E-state index in [0.29, 0.717) is 11.0 Å². The summed E-state index contributed by atoms with van der Waals surface area (Å²) in [5.74, 6) is 0.857. The Labute approximate surface area is 134 Å². The molecule has 1 atom stereocenters. The van der Waals surface area contributed by atoms with E-state index in [0.717, 1.165) is 22.5 Å². The van der Waals surface area contributed by atoms with Crippen molar-refractivity contribution in [3.63, 3.8) is 0 Å². The highest BCUT2D eigenvalue weighted by molar-refractivity contribution is 9.10. The van der Waals surface area contributed by atoms with E-state index in [9.17, 15) is 0 Å². The fourth-order valence-corrected chi connectivity index (χ4v) is 4.40. The van der Waals surface area contributed by atoms with Crippen LogP contribution in [0.4, 0.5) is 5.69 Å². The molecule has 1 heterocycles. The standard InChI is InChI=1S/C16H21BrN2S/c17-12-7-8-13(16(18)20)15(10-12)19-9-3-6-14(19)11-4-1-2-5-11/h7-8,10-11,14H,1-6,9H2,(H2,18,20). The molecule has 1 aromatic carbocycles. The van der Waals surface area contributed by atoms with Gasteiger partial charge < -0.3 is 10.6 Å². The smallest absolute Gasteiger partial charge is 0.106 e. The van der Waals surface area contributed by atoms with Crippen LogP contribution in [-0.4, -0.2) is 17.6 Å². The number of hydrogen-bond acceptors (Lipinski definition) is 2. The molecule has 0 amide bonds. The van der Waals surface area contributed by atoms with Crippen LogP contribution in [0.1, 0.15) is 44.1 Å². The first-order valence-corrected chi connectivity index (χ1v) is 8.73. The first kappa shape index (κ1) is 14.3. The zero-order valence-electron chi connectivity index (χ0n) is 11.6. The van der Waals surface area contributed by atoms with Gasteiger partial charge in [0.05, 0.1) is 0 Å². The van der Waals surface area contributed by atoms with Gasteiger partial charge in [0.25, 0.3) is 0 Å². The van der Waals surface area contributed by atoms with E-state index in [-0.39, 0.29) is 0 Å². The number of nitrogens with two attached hydrogens (primary N) is 1. The second-order valence-electron chi connectivity index (χ2n) is 5.97. The fraction of sp³-hybridized carbons (Fsp3) is 0.562. The molecule has 20 heavy (non-hydrogen) atoms. The third-order valence-corrected chi connectivity index (χ3v) is 5.49. The molecule has 0 aromatic heterocycles. The first-order chi connectivity index (χ1) is 9.66. The zero-order chi connectivity index (χ0) is 14.1. The van der Waals surface area contributed by atoms with Crippen LogP contribution in [0.15, 0.2) is 22.7 Å². The van der Waals surface area contributed by atoms with Crippen LogP contribution in [0.3, 0.4) is 0 Å². The van der Waals surface area contributed by atoms with Crippen LogP contribution in [-0.2, 0) is 0 Å². The fourth-order valence-electron chi connectivity index (χ4n) is 3.87. The lowest BCUT2D eigenvalue weighted by Crippen LogP contribution is -2.36. The van der Waals surface area contributed by atoms with Crippen LogP contribution in [0, 0.1) is 5.92 Å². The summed E-state index contributed by atoms with van der Waals surface area (Å²) in [4.78, 5) is 3.07. The Morgan fingerprint density at radius 3 is 2.65 bits per heavy atom. The minimum Gasteiger partial charge on any atom is -0.389 e. The van der Waals surface area contributed by atoms with E-state index in [1.165, 1.54) is 44.2 Å². The van der Waals surface area contributed by atoms with Crippen molar-refractivity contribution in [1.29, 1.82) is 0 Å². The number of anilines is 1. The molecular weight excluding hydrogens is 332 g/mol. The average Bonchev–Trinajstić information content (AvgIpc) is 3.09. The molecule has 3 rings (SSSR count). The van der Waals surface area contributed by atoms with Crippen molar-refractivity contribution in [3.8, 4) is 0 Å². The molecule has 1 aliphatic heterocycles. The number of nitrogens with zero attached hydrogens (tertiary/aromatic N) is 1. The summed E-state index contributed by atoms with van der Waals surface area (Å²) in [6.07, 6.45) is 8.17. The zero-order valence-corrected chi connectivity index (χ0v) is 14.0. The average molecular weight is 353 g/mol. The summed E-state index contributed by atoms with van der Waals surface area (Å²) in [7, 11) is 0. The highest BCUT2D eigenvalue weighted by atomic mass is 79.9. The highest BCUT2D eigenvalue weighted by Crippen LogP contribution is 2.39. The first-order valence-electron chi connectivity index (χ1n) is 7.53. The summed E-state index contributed by atoms with van der Waals surface area (Å²) < 4.78 is 1.10. The monoisotopic (exact) mass is 352 g/mol. The highest BCUT2D eigenvalue weighted by Gasteiger charge is 2.34. The van der Waals surface area contributed by atoms with Gasteiger partial charge in [-0.25, -0.2) is 0 Å². The lowest BCUT2D eigenvalue weighted by molar-refractivity contribution is 0.431. The predicted molar refractivity (Wildman–Crippen MR) is 92.4 cm³/mol. The van der Waals surface area contributed by atoms with Crippen molar-refractivity contribution >= 4 is 38.8 Å². The van der Waals surface area contributed by atoms with Crippen molar-refractivity contribution in [2.75, 3.05) is 11.4 Å².